The molecule has 0 atom stereocenters. The summed E-state index contributed by atoms with van der Waals surface area (Å²) in [6.07, 6.45) is 0.869. The van der Waals surface area contributed by atoms with Crippen LogP contribution in [0.25, 0.3) is 5.69 Å². The van der Waals surface area contributed by atoms with Gasteiger partial charge >= 0.3 is 0 Å². The van der Waals surface area contributed by atoms with E-state index in [4.69, 9.17) is 10.5 Å². The Kier molecular flexibility index (Phi) is 2.15. The molecule has 0 saturated heterocycles. The number of ether oxygens (including phenoxy) is 1. The smallest absolute Gasteiger partial charge is 0.151 e. The Labute approximate surface area is 93.6 Å². The van der Waals surface area contributed by atoms with E-state index in [1.165, 1.54) is 5.69 Å². The van der Waals surface area contributed by atoms with Crippen LogP contribution in [0.2, 0.25) is 0 Å². The number of hydrogen-bond acceptors (Lipinski definition) is 3. The first-order valence-electron chi connectivity index (χ1n) is 5.35. The Balaban J connectivity index is 2.15. The molecule has 0 bridgehead atoms. The number of hydrogen-bond donors (Lipinski definition) is 1. The van der Waals surface area contributed by atoms with Crippen molar-refractivity contribution in [3.05, 3.63) is 41.6 Å². The predicted octanol–water partition coefficient (Wildman–Crippen LogP) is 1.53. The van der Waals surface area contributed by atoms with Crippen LogP contribution >= 0.6 is 0 Å². The fourth-order valence-electron chi connectivity index (χ4n) is 2.04. The van der Waals surface area contributed by atoms with Crippen molar-refractivity contribution >= 4 is 5.82 Å². The molecule has 0 saturated carbocycles. The molecule has 0 fully saturated rings. The fraction of sp³-hybridized carbons (Fsp3) is 0.250. The van der Waals surface area contributed by atoms with Gasteiger partial charge in [-0.2, -0.15) is 5.10 Å². The van der Waals surface area contributed by atoms with Gasteiger partial charge in [-0.25, -0.2) is 4.68 Å². The average molecular weight is 215 g/mol. The summed E-state index contributed by atoms with van der Waals surface area (Å²) < 4.78 is 7.32. The molecule has 0 amide bonds. The average Bonchev–Trinajstić information content (AvgIpc) is 2.69. The van der Waals surface area contributed by atoms with Gasteiger partial charge < -0.3 is 10.5 Å². The normalized spacial score (nSPS) is 14.8. The molecule has 2 aromatic rings. The molecule has 3 rings (SSSR count). The summed E-state index contributed by atoms with van der Waals surface area (Å²) in [4.78, 5) is 0. The minimum atomic E-state index is 0.577. The van der Waals surface area contributed by atoms with Crippen molar-refractivity contribution in [1.29, 1.82) is 0 Å². The molecule has 0 aliphatic carbocycles. The van der Waals surface area contributed by atoms with E-state index in [-0.39, 0.29) is 0 Å². The van der Waals surface area contributed by atoms with Gasteiger partial charge in [0.2, 0.25) is 0 Å². The first-order valence-corrected chi connectivity index (χ1v) is 5.35. The van der Waals surface area contributed by atoms with Gasteiger partial charge in [-0.05, 0) is 12.1 Å². The minimum absolute atomic E-state index is 0.577. The molecule has 1 aliphatic heterocycles. The molecule has 4 nitrogen and oxygen atoms in total. The summed E-state index contributed by atoms with van der Waals surface area (Å²) in [5.41, 5.74) is 9.15. The number of aromatic nitrogens is 2. The van der Waals surface area contributed by atoms with Crippen LogP contribution in [0.1, 0.15) is 11.3 Å². The third-order valence-electron chi connectivity index (χ3n) is 2.85. The van der Waals surface area contributed by atoms with Gasteiger partial charge in [-0.15, -0.1) is 0 Å². The second kappa shape index (κ2) is 3.64. The summed E-state index contributed by atoms with van der Waals surface area (Å²) >= 11 is 0. The molecule has 82 valence electrons. The molecule has 0 radical (unpaired) electrons. The highest BCUT2D eigenvalue weighted by Gasteiger charge is 2.20. The van der Waals surface area contributed by atoms with Gasteiger partial charge in [0.05, 0.1) is 24.6 Å². The number of anilines is 1. The topological polar surface area (TPSA) is 53.1 Å². The fourth-order valence-corrected chi connectivity index (χ4v) is 2.04. The largest absolute Gasteiger partial charge is 0.382 e. The van der Waals surface area contributed by atoms with Crippen molar-refractivity contribution in [1.82, 2.24) is 9.78 Å². The lowest BCUT2D eigenvalue weighted by molar-refractivity contribution is 0.110. The number of rotatable bonds is 1. The molecule has 4 heteroatoms. The summed E-state index contributed by atoms with van der Waals surface area (Å²) in [5, 5.41) is 4.38. The highest BCUT2D eigenvalue weighted by molar-refractivity contribution is 5.47. The predicted molar refractivity (Wildman–Crippen MR) is 61.3 cm³/mol. The molecular weight excluding hydrogens is 202 g/mol. The summed E-state index contributed by atoms with van der Waals surface area (Å²) in [5.74, 6) is 0.582. The Morgan fingerprint density at radius 3 is 2.88 bits per heavy atom. The van der Waals surface area contributed by atoms with E-state index in [9.17, 15) is 0 Å². The molecule has 0 unspecified atom stereocenters. The third kappa shape index (κ3) is 1.39. The molecule has 0 spiro atoms. The lowest BCUT2D eigenvalue weighted by Crippen LogP contribution is -2.13. The van der Waals surface area contributed by atoms with Crippen LogP contribution in [0.15, 0.2) is 30.3 Å². The Hall–Kier alpha value is -1.81. The van der Waals surface area contributed by atoms with Crippen molar-refractivity contribution < 1.29 is 4.74 Å². The molecule has 2 heterocycles. The summed E-state index contributed by atoms with van der Waals surface area (Å²) in [6, 6.07) is 10.0. The zero-order valence-corrected chi connectivity index (χ0v) is 8.89. The molecule has 16 heavy (non-hydrogen) atoms. The molecule has 1 aromatic heterocycles. The lowest BCUT2D eigenvalue weighted by Gasteiger charge is -2.14. The molecule has 2 N–H and O–H groups in total. The van der Waals surface area contributed by atoms with Crippen LogP contribution in [-0.2, 0) is 17.8 Å². The number of nitrogens with two attached hydrogens (primary N) is 1. The maximum Gasteiger partial charge on any atom is 0.151 e. The molecular formula is C12H13N3O. The van der Waals surface area contributed by atoms with E-state index in [1.54, 1.807) is 0 Å². The Morgan fingerprint density at radius 1 is 1.25 bits per heavy atom. The first-order chi connectivity index (χ1) is 7.86. The summed E-state index contributed by atoms with van der Waals surface area (Å²) in [7, 11) is 0. The Morgan fingerprint density at radius 2 is 2.06 bits per heavy atom. The number of para-hydroxylation sites is 1. The van der Waals surface area contributed by atoms with Crippen LogP contribution in [0.5, 0.6) is 0 Å². The highest BCUT2D eigenvalue weighted by Crippen LogP contribution is 2.24. The van der Waals surface area contributed by atoms with E-state index in [1.807, 2.05) is 35.0 Å². The Bertz CT molecular complexity index is 504. The van der Waals surface area contributed by atoms with E-state index in [0.29, 0.717) is 12.4 Å². The van der Waals surface area contributed by atoms with Crippen molar-refractivity contribution in [2.45, 2.75) is 13.0 Å². The zero-order chi connectivity index (χ0) is 11.0. The van der Waals surface area contributed by atoms with Crippen molar-refractivity contribution in [2.24, 2.45) is 0 Å². The first kappa shape index (κ1) is 9.42. The molecule has 1 aromatic carbocycles. The number of nitrogens with zero attached hydrogens (tertiary/aromatic N) is 2. The monoisotopic (exact) mass is 215 g/mol. The van der Waals surface area contributed by atoms with Gasteiger partial charge in [0.25, 0.3) is 0 Å². The van der Waals surface area contributed by atoms with Crippen molar-refractivity contribution in [3.8, 4) is 5.69 Å². The summed E-state index contributed by atoms with van der Waals surface area (Å²) in [6.45, 7) is 1.32. The van der Waals surface area contributed by atoms with Gasteiger partial charge in [0, 0.05) is 12.0 Å². The van der Waals surface area contributed by atoms with Gasteiger partial charge in [0.1, 0.15) is 0 Å². The van der Waals surface area contributed by atoms with E-state index in [2.05, 4.69) is 5.10 Å². The standard InChI is InChI=1S/C12H13N3O/c13-12-10-8-16-7-6-11(10)15(14-12)9-4-2-1-3-5-9/h1-5H,6-8H2,(H2,13,14). The quantitative estimate of drug-likeness (QED) is 0.784. The van der Waals surface area contributed by atoms with E-state index >= 15 is 0 Å². The highest BCUT2D eigenvalue weighted by atomic mass is 16.5. The number of fused-ring (bicyclic) bond motifs is 1. The third-order valence-corrected chi connectivity index (χ3v) is 2.85. The van der Waals surface area contributed by atoms with Crippen molar-refractivity contribution in [3.63, 3.8) is 0 Å². The molecule has 1 aliphatic rings. The zero-order valence-electron chi connectivity index (χ0n) is 8.89. The lowest BCUT2D eigenvalue weighted by atomic mass is 10.1. The van der Waals surface area contributed by atoms with Crippen LogP contribution in [0.3, 0.4) is 0 Å². The van der Waals surface area contributed by atoms with Gasteiger partial charge in [0.15, 0.2) is 5.82 Å². The van der Waals surface area contributed by atoms with Crippen LogP contribution < -0.4 is 5.73 Å². The van der Waals surface area contributed by atoms with Crippen LogP contribution in [-0.4, -0.2) is 16.4 Å². The van der Waals surface area contributed by atoms with E-state index in [0.717, 1.165) is 24.3 Å². The van der Waals surface area contributed by atoms with Crippen LogP contribution in [0.4, 0.5) is 5.82 Å². The maximum atomic E-state index is 5.89. The minimum Gasteiger partial charge on any atom is -0.382 e. The number of benzene rings is 1. The number of nitrogen functional groups attached to an aromatic ring is 1. The SMILES string of the molecule is Nc1nn(-c2ccccc2)c2c1COCC2. The van der Waals surface area contributed by atoms with Gasteiger partial charge in [-0.1, -0.05) is 18.2 Å². The second-order valence-electron chi connectivity index (χ2n) is 3.86. The van der Waals surface area contributed by atoms with Crippen LogP contribution in [0, 0.1) is 0 Å². The second-order valence-corrected chi connectivity index (χ2v) is 3.86. The van der Waals surface area contributed by atoms with Crippen molar-refractivity contribution in [2.75, 3.05) is 12.3 Å². The van der Waals surface area contributed by atoms with E-state index < -0.39 is 0 Å². The van der Waals surface area contributed by atoms with Gasteiger partial charge in [-0.3, -0.25) is 0 Å². The maximum absolute atomic E-state index is 5.89.